The summed E-state index contributed by atoms with van der Waals surface area (Å²) in [6.45, 7) is 0. The minimum Gasteiger partial charge on any atom is -0.504 e. The minimum absolute atomic E-state index is 0.0373. The highest BCUT2D eigenvalue weighted by atomic mass is 32.1. The number of thiophene rings is 1. The molecule has 0 fully saturated rings. The first-order valence-electron chi connectivity index (χ1n) is 8.98. The number of hydrogen-bond donors (Lipinski definition) is 4. The number of phenols is 2. The predicted octanol–water partition coefficient (Wildman–Crippen LogP) is 3.33. The molecule has 2 aromatic heterocycles. The number of aromatic hydroxyl groups is 2. The van der Waals surface area contributed by atoms with Crippen LogP contribution in [0.5, 0.6) is 11.5 Å². The molecule has 0 radical (unpaired) electrons. The quantitative estimate of drug-likeness (QED) is 0.234. The number of aliphatic carboxylic acids is 1. The Morgan fingerprint density at radius 2 is 1.97 bits per heavy atom. The van der Waals surface area contributed by atoms with Gasteiger partial charge < -0.3 is 20.6 Å². The number of aromatic nitrogens is 1. The zero-order chi connectivity index (χ0) is 22.5. The molecule has 0 spiro atoms. The molecule has 4 N–H and O–H groups in total. The van der Waals surface area contributed by atoms with Gasteiger partial charge in [-0.05, 0) is 36.2 Å². The van der Waals surface area contributed by atoms with Gasteiger partial charge in [0.1, 0.15) is 0 Å². The topological polar surface area (TPSA) is 163 Å². The Labute approximate surface area is 179 Å². The third-order valence-corrected chi connectivity index (χ3v) is 5.43. The Bertz CT molecular complexity index is 1160. The largest absolute Gasteiger partial charge is 0.504 e. The molecular weight excluding hydrogens is 426 g/mol. The van der Waals surface area contributed by atoms with Gasteiger partial charge in [-0.1, -0.05) is 0 Å². The number of carbonyl (C=O) groups is 2. The van der Waals surface area contributed by atoms with E-state index in [1.807, 2.05) is 0 Å². The van der Waals surface area contributed by atoms with Gasteiger partial charge in [-0.15, -0.1) is 11.3 Å². The van der Waals surface area contributed by atoms with Crippen molar-refractivity contribution >= 4 is 34.6 Å². The summed E-state index contributed by atoms with van der Waals surface area (Å²) in [6.07, 6.45) is 2.99. The van der Waals surface area contributed by atoms with E-state index in [1.165, 1.54) is 23.6 Å². The lowest BCUT2D eigenvalue weighted by atomic mass is 10.1. The van der Waals surface area contributed by atoms with E-state index in [1.54, 1.807) is 24.4 Å². The third-order valence-electron chi connectivity index (χ3n) is 4.31. The van der Waals surface area contributed by atoms with Gasteiger partial charge >= 0.3 is 11.7 Å². The normalized spacial score (nSPS) is 10.6. The zero-order valence-electron chi connectivity index (χ0n) is 15.9. The van der Waals surface area contributed by atoms with Crippen molar-refractivity contribution in [3.63, 3.8) is 0 Å². The molecular formula is C20H17N3O7S. The number of benzene rings is 1. The third kappa shape index (κ3) is 5.34. The highest BCUT2D eigenvalue weighted by Crippen LogP contribution is 2.36. The molecule has 0 aliphatic heterocycles. The van der Waals surface area contributed by atoms with Gasteiger partial charge in [0, 0.05) is 34.0 Å². The number of carboxylic acid groups (broad SMARTS) is 1. The number of anilines is 1. The van der Waals surface area contributed by atoms with Crippen LogP contribution in [-0.2, 0) is 22.4 Å². The molecule has 31 heavy (non-hydrogen) atoms. The fourth-order valence-electron chi connectivity index (χ4n) is 2.89. The molecule has 3 rings (SSSR count). The number of amides is 1. The maximum Gasteiger partial charge on any atom is 0.314 e. The number of aryl methyl sites for hydroxylation is 1. The number of rotatable bonds is 8. The van der Waals surface area contributed by atoms with E-state index < -0.39 is 28.1 Å². The molecule has 1 aromatic carbocycles. The fourth-order valence-corrected chi connectivity index (χ4v) is 3.93. The van der Waals surface area contributed by atoms with Crippen LogP contribution in [0.15, 0.2) is 42.7 Å². The summed E-state index contributed by atoms with van der Waals surface area (Å²) in [6, 6.07) is 7.46. The van der Waals surface area contributed by atoms with Gasteiger partial charge in [0.25, 0.3) is 0 Å². The maximum atomic E-state index is 12.4. The lowest BCUT2D eigenvalue weighted by Crippen LogP contribution is -2.13. The second-order valence-corrected chi connectivity index (χ2v) is 7.71. The van der Waals surface area contributed by atoms with Gasteiger partial charge in [-0.2, -0.15) is 0 Å². The van der Waals surface area contributed by atoms with Gasteiger partial charge in [-0.3, -0.25) is 24.7 Å². The average molecular weight is 443 g/mol. The van der Waals surface area contributed by atoms with Crippen LogP contribution in [0.3, 0.4) is 0 Å². The number of nitro benzene ring substituents is 1. The van der Waals surface area contributed by atoms with Gasteiger partial charge in [0.2, 0.25) is 11.7 Å². The molecule has 0 aliphatic carbocycles. The van der Waals surface area contributed by atoms with Crippen molar-refractivity contribution in [2.45, 2.75) is 19.3 Å². The van der Waals surface area contributed by atoms with Crippen molar-refractivity contribution in [1.29, 1.82) is 0 Å². The number of nitro groups is 1. The number of phenolic OH excluding ortho intramolecular Hbond substituents is 2. The Balaban J connectivity index is 1.71. The van der Waals surface area contributed by atoms with E-state index in [0.29, 0.717) is 21.7 Å². The Morgan fingerprint density at radius 3 is 2.68 bits per heavy atom. The van der Waals surface area contributed by atoms with Crippen molar-refractivity contribution in [3.05, 3.63) is 63.3 Å². The summed E-state index contributed by atoms with van der Waals surface area (Å²) >= 11 is 1.30. The molecule has 10 nitrogen and oxygen atoms in total. The maximum absolute atomic E-state index is 12.4. The number of hydrogen-bond acceptors (Lipinski definition) is 8. The molecule has 0 aliphatic rings. The standard InChI is InChI=1S/C20H17N3O7S/c24-16-8-11(7-15(20(16)28)23(29)30)1-4-18(25)22-14-10-21-6-5-13(14)17-3-2-12(31-17)9-19(26)27/h2-3,5-8,10,24,28H,1,4,9H2,(H,22,25)(H,26,27). The monoisotopic (exact) mass is 443 g/mol. The van der Waals surface area contributed by atoms with Crippen LogP contribution in [0, 0.1) is 10.1 Å². The summed E-state index contributed by atoms with van der Waals surface area (Å²) in [5.41, 5.74) is 0.804. The number of nitrogens with zero attached hydrogens (tertiary/aromatic N) is 2. The van der Waals surface area contributed by atoms with Crippen LogP contribution in [0.1, 0.15) is 16.9 Å². The number of carboxylic acids is 1. The van der Waals surface area contributed by atoms with Crippen molar-refractivity contribution in [3.8, 4) is 21.9 Å². The fraction of sp³-hybridized carbons (Fsp3) is 0.150. The second-order valence-electron chi connectivity index (χ2n) is 6.55. The van der Waals surface area contributed by atoms with Crippen LogP contribution in [0.4, 0.5) is 11.4 Å². The lowest BCUT2D eigenvalue weighted by molar-refractivity contribution is -0.386. The SMILES string of the molecule is O=C(O)Cc1ccc(-c2ccncc2NC(=O)CCc2cc(O)c(O)c([N+](=O)[O-])c2)s1. The van der Waals surface area contributed by atoms with E-state index >= 15 is 0 Å². The smallest absolute Gasteiger partial charge is 0.314 e. The second kappa shape index (κ2) is 9.22. The van der Waals surface area contributed by atoms with E-state index in [4.69, 9.17) is 5.11 Å². The molecule has 11 heteroatoms. The van der Waals surface area contributed by atoms with Crippen LogP contribution < -0.4 is 5.32 Å². The Morgan fingerprint density at radius 1 is 1.19 bits per heavy atom. The number of carbonyl (C=O) groups excluding carboxylic acids is 1. The summed E-state index contributed by atoms with van der Waals surface area (Å²) < 4.78 is 0. The van der Waals surface area contributed by atoms with Crippen LogP contribution in [0.25, 0.3) is 10.4 Å². The lowest BCUT2D eigenvalue weighted by Gasteiger charge is -2.10. The summed E-state index contributed by atoms with van der Waals surface area (Å²) in [7, 11) is 0. The zero-order valence-corrected chi connectivity index (χ0v) is 16.8. The molecule has 0 unspecified atom stereocenters. The van der Waals surface area contributed by atoms with Crippen molar-refractivity contribution in [2.75, 3.05) is 5.32 Å². The summed E-state index contributed by atoms with van der Waals surface area (Å²) in [4.78, 5) is 38.9. The average Bonchev–Trinajstić information content (AvgIpc) is 3.16. The summed E-state index contributed by atoms with van der Waals surface area (Å²) in [5.74, 6) is -2.77. The molecule has 2 heterocycles. The highest BCUT2D eigenvalue weighted by Gasteiger charge is 2.19. The molecule has 160 valence electrons. The van der Waals surface area contributed by atoms with Crippen LogP contribution in [-0.4, -0.2) is 37.1 Å². The Hall–Kier alpha value is -3.99. The first-order chi connectivity index (χ1) is 14.7. The number of pyridine rings is 1. The Kier molecular flexibility index (Phi) is 6.46. The van der Waals surface area contributed by atoms with Gasteiger partial charge in [0.15, 0.2) is 5.75 Å². The van der Waals surface area contributed by atoms with Gasteiger partial charge in [0.05, 0.1) is 23.2 Å². The minimum atomic E-state index is -0.933. The van der Waals surface area contributed by atoms with E-state index in [9.17, 15) is 29.9 Å². The molecule has 0 atom stereocenters. The van der Waals surface area contributed by atoms with E-state index in [0.717, 1.165) is 10.9 Å². The van der Waals surface area contributed by atoms with Crippen molar-refractivity contribution in [1.82, 2.24) is 4.98 Å². The first-order valence-corrected chi connectivity index (χ1v) is 9.80. The molecule has 1 amide bonds. The first kappa shape index (κ1) is 21.7. The summed E-state index contributed by atoms with van der Waals surface area (Å²) in [5, 5.41) is 41.8. The molecule has 0 saturated carbocycles. The number of nitrogens with one attached hydrogen (secondary N) is 1. The van der Waals surface area contributed by atoms with E-state index in [-0.39, 0.29) is 25.2 Å². The van der Waals surface area contributed by atoms with E-state index in [2.05, 4.69) is 10.3 Å². The van der Waals surface area contributed by atoms with Crippen LogP contribution >= 0.6 is 11.3 Å². The highest BCUT2D eigenvalue weighted by molar-refractivity contribution is 7.15. The van der Waals surface area contributed by atoms with Crippen molar-refractivity contribution < 1.29 is 29.8 Å². The predicted molar refractivity (Wildman–Crippen MR) is 112 cm³/mol. The van der Waals surface area contributed by atoms with Gasteiger partial charge in [-0.25, -0.2) is 0 Å². The van der Waals surface area contributed by atoms with Crippen molar-refractivity contribution in [2.24, 2.45) is 0 Å². The van der Waals surface area contributed by atoms with Crippen LogP contribution in [0.2, 0.25) is 0 Å². The molecule has 3 aromatic rings. The molecule has 0 bridgehead atoms. The molecule has 0 saturated heterocycles.